The summed E-state index contributed by atoms with van der Waals surface area (Å²) in [5, 5.41) is 17.5. The summed E-state index contributed by atoms with van der Waals surface area (Å²) in [6, 6.07) is 5.36. The van der Waals surface area contributed by atoms with E-state index in [9.17, 15) is 13.0 Å². The third-order valence-corrected chi connectivity index (χ3v) is 4.50. The molecule has 16 heteroatoms. The first-order chi connectivity index (χ1) is 13.9. The molecule has 0 amide bonds. The van der Waals surface area contributed by atoms with Crippen molar-refractivity contribution in [3.8, 4) is 0 Å². The van der Waals surface area contributed by atoms with Crippen molar-refractivity contribution in [2.45, 2.75) is 9.79 Å². The minimum atomic E-state index is -4.53. The number of aliphatic hydroxyl groups excluding tert-OH is 1. The van der Waals surface area contributed by atoms with Crippen LogP contribution in [0.5, 0.6) is 0 Å². The minimum Gasteiger partial charge on any atom is -0.744 e. The predicted molar refractivity (Wildman–Crippen MR) is 104 cm³/mol. The van der Waals surface area contributed by atoms with E-state index in [-0.39, 0.29) is 41.1 Å². The number of anilines is 3. The van der Waals surface area contributed by atoms with Crippen molar-refractivity contribution in [1.82, 2.24) is 20.4 Å². The Bertz CT molecular complexity index is 893. The molecular formula is C14H20N7NaO6S2. The molecule has 5 N–H and O–H groups in total. The summed E-state index contributed by atoms with van der Waals surface area (Å²) >= 11 is 0.741. The number of rotatable bonds is 13. The zero-order valence-electron chi connectivity index (χ0n) is 16.3. The largest absolute Gasteiger partial charge is 1.00 e. The van der Waals surface area contributed by atoms with Crippen LogP contribution in [0.25, 0.3) is 0 Å². The molecule has 0 saturated heterocycles. The Morgan fingerprint density at radius 1 is 1.10 bits per heavy atom. The Morgan fingerprint density at radius 2 is 1.77 bits per heavy atom. The smallest absolute Gasteiger partial charge is 0.744 e. The van der Waals surface area contributed by atoms with Crippen LogP contribution in [0.1, 0.15) is 0 Å². The molecule has 0 bridgehead atoms. The van der Waals surface area contributed by atoms with E-state index in [4.69, 9.17) is 14.4 Å². The van der Waals surface area contributed by atoms with Crippen LogP contribution in [0.3, 0.4) is 0 Å². The third kappa shape index (κ3) is 9.69. The van der Waals surface area contributed by atoms with E-state index in [0.29, 0.717) is 42.4 Å². The fraction of sp³-hybridized carbons (Fsp3) is 0.357. The second-order valence-electron chi connectivity index (χ2n) is 5.19. The summed E-state index contributed by atoms with van der Waals surface area (Å²) in [6.45, 7) is 0.945. The van der Waals surface area contributed by atoms with Crippen LogP contribution in [0.4, 0.5) is 17.8 Å². The van der Waals surface area contributed by atoms with E-state index in [1.807, 2.05) is 0 Å². The van der Waals surface area contributed by atoms with Gasteiger partial charge in [0.05, 0.1) is 23.5 Å². The molecule has 0 atom stereocenters. The zero-order valence-corrected chi connectivity index (χ0v) is 19.9. The molecule has 0 aliphatic rings. The predicted octanol–water partition coefficient (Wildman–Crippen LogP) is -3.20. The Hall–Kier alpha value is -1.27. The molecule has 0 saturated carbocycles. The minimum absolute atomic E-state index is 0. The molecule has 0 spiro atoms. The van der Waals surface area contributed by atoms with Gasteiger partial charge in [0.1, 0.15) is 10.1 Å². The maximum Gasteiger partial charge on any atom is 1.00 e. The molecule has 0 aliphatic heterocycles. The Morgan fingerprint density at radius 3 is 2.40 bits per heavy atom. The van der Waals surface area contributed by atoms with Gasteiger partial charge in [-0.25, -0.2) is 8.42 Å². The molecule has 30 heavy (non-hydrogen) atoms. The molecule has 0 aliphatic carbocycles. The van der Waals surface area contributed by atoms with E-state index in [1.165, 1.54) is 18.2 Å². The topological polar surface area (TPSA) is 183 Å². The van der Waals surface area contributed by atoms with Crippen LogP contribution in [0.15, 0.2) is 34.1 Å². The van der Waals surface area contributed by atoms with E-state index in [0.717, 1.165) is 12.0 Å². The number of aliphatic hydroxyl groups is 1. The van der Waals surface area contributed by atoms with Gasteiger partial charge in [0.2, 0.25) is 17.8 Å². The quantitative estimate of drug-likeness (QED) is 0.0493. The molecule has 1 heterocycles. The summed E-state index contributed by atoms with van der Waals surface area (Å²) in [6.07, 6.45) is 0. The number of hydroxylamine groups is 1. The molecule has 160 valence electrons. The molecule has 0 radical (unpaired) electrons. The number of nitrogens with one attached hydrogen (secondary N) is 4. The Balaban J connectivity index is 0.00000450. The summed E-state index contributed by atoms with van der Waals surface area (Å²) in [5.74, 6) is 0.985. The first-order valence-electron chi connectivity index (χ1n) is 8.24. The second kappa shape index (κ2) is 13.9. The number of hydrogen-bond donors (Lipinski definition) is 5. The maximum absolute atomic E-state index is 11.0. The third-order valence-electron chi connectivity index (χ3n) is 3.08. The summed E-state index contributed by atoms with van der Waals surface area (Å²) in [7, 11) is -2.86. The number of nitrogens with zero attached hydrogens (tertiary/aromatic N) is 3. The van der Waals surface area contributed by atoms with Crippen molar-refractivity contribution in [3.05, 3.63) is 24.3 Å². The summed E-state index contributed by atoms with van der Waals surface area (Å²) in [4.78, 5) is 17.2. The molecule has 2 aromatic rings. The molecule has 13 nitrogen and oxygen atoms in total. The second-order valence-corrected chi connectivity index (χ2v) is 7.35. The Labute approximate surface area is 199 Å². The monoisotopic (exact) mass is 469 g/mol. The standard InChI is InChI=1S/C14H21N7O6S2.Na/c1-15-12-19-13(21-14(20-12)17-7-8-22)16-5-6-18-26-27-28-10-3-2-4-11(9-10)29(23,24)25;/h2-4,9,18,22H,5-8H2,1H3,(H,23,24,25)(H3,15,16,17,19,20,21);/q;+1/p-1. The van der Waals surface area contributed by atoms with Crippen LogP contribution in [-0.4, -0.2) is 66.3 Å². The molecule has 2 rings (SSSR count). The van der Waals surface area contributed by atoms with E-state index in [2.05, 4.69) is 36.4 Å². The van der Waals surface area contributed by atoms with Gasteiger partial charge in [-0.3, -0.25) is 0 Å². The average Bonchev–Trinajstić information content (AvgIpc) is 2.71. The van der Waals surface area contributed by atoms with Crippen LogP contribution in [0.2, 0.25) is 0 Å². The number of aromatic nitrogens is 3. The normalized spacial score (nSPS) is 10.9. The van der Waals surface area contributed by atoms with Gasteiger partial charge in [-0.15, -0.1) is 9.32 Å². The van der Waals surface area contributed by atoms with Crippen molar-refractivity contribution in [3.63, 3.8) is 0 Å². The molecular weight excluding hydrogens is 449 g/mol. The van der Waals surface area contributed by atoms with Gasteiger partial charge in [-0.2, -0.15) is 20.4 Å². The van der Waals surface area contributed by atoms with E-state index < -0.39 is 10.1 Å². The van der Waals surface area contributed by atoms with Gasteiger partial charge in [0.25, 0.3) is 0 Å². The first-order valence-corrected chi connectivity index (χ1v) is 10.4. The first kappa shape index (κ1) is 26.8. The van der Waals surface area contributed by atoms with Gasteiger partial charge < -0.3 is 25.6 Å². The van der Waals surface area contributed by atoms with Gasteiger partial charge in [-0.1, -0.05) is 6.07 Å². The summed E-state index contributed by atoms with van der Waals surface area (Å²) in [5.41, 5.74) is 2.53. The average molecular weight is 469 g/mol. The number of hydrogen-bond acceptors (Lipinski definition) is 14. The van der Waals surface area contributed by atoms with Crippen molar-refractivity contribution in [2.75, 3.05) is 49.2 Å². The Kier molecular flexibility index (Phi) is 12.4. The fourth-order valence-electron chi connectivity index (χ4n) is 1.84. The van der Waals surface area contributed by atoms with Crippen molar-refractivity contribution >= 4 is 40.0 Å². The SMILES string of the molecule is CNc1nc(NCCO)nc(NCCNOOSc2cccc(S(=O)(=O)[O-])c2)n1.[Na+]. The zero-order chi connectivity index (χ0) is 21.1. The maximum atomic E-state index is 11.0. The van der Waals surface area contributed by atoms with Crippen LogP contribution >= 0.6 is 12.0 Å². The van der Waals surface area contributed by atoms with Crippen molar-refractivity contribution < 1.29 is 57.0 Å². The fourth-order valence-corrected chi connectivity index (χ4v) is 2.90. The number of benzene rings is 1. The van der Waals surface area contributed by atoms with Gasteiger partial charge >= 0.3 is 29.6 Å². The van der Waals surface area contributed by atoms with Gasteiger partial charge in [0.15, 0.2) is 0 Å². The van der Waals surface area contributed by atoms with Crippen LogP contribution < -0.4 is 51.0 Å². The van der Waals surface area contributed by atoms with Crippen LogP contribution in [-0.2, 0) is 19.4 Å². The van der Waals surface area contributed by atoms with Gasteiger partial charge in [0, 0.05) is 31.6 Å². The molecule has 0 fully saturated rings. The molecule has 1 aromatic carbocycles. The van der Waals surface area contributed by atoms with Crippen LogP contribution in [0, 0.1) is 0 Å². The van der Waals surface area contributed by atoms with Crippen molar-refractivity contribution in [2.24, 2.45) is 0 Å². The molecule has 0 unspecified atom stereocenters. The summed E-state index contributed by atoms with van der Waals surface area (Å²) < 4.78 is 37.8. The molecule has 1 aromatic heterocycles. The van der Waals surface area contributed by atoms with E-state index >= 15 is 0 Å². The van der Waals surface area contributed by atoms with E-state index in [1.54, 1.807) is 13.1 Å². The van der Waals surface area contributed by atoms with Gasteiger partial charge in [-0.05, 0) is 18.2 Å². The van der Waals surface area contributed by atoms with Crippen molar-refractivity contribution in [1.29, 1.82) is 0 Å².